The van der Waals surface area contributed by atoms with Crippen molar-refractivity contribution in [2.24, 2.45) is 0 Å². The number of nitrogens with zero attached hydrogens (tertiary/aromatic N) is 1. The molecule has 1 atom stereocenters. The summed E-state index contributed by atoms with van der Waals surface area (Å²) < 4.78 is 10.6. The molecule has 1 rings (SSSR count). The fourth-order valence-corrected chi connectivity index (χ4v) is 2.04. The molecule has 0 spiro atoms. The maximum absolute atomic E-state index is 11.8. The summed E-state index contributed by atoms with van der Waals surface area (Å²) in [6.45, 7) is 2.39. The van der Waals surface area contributed by atoms with E-state index >= 15 is 0 Å². The van der Waals surface area contributed by atoms with Gasteiger partial charge in [-0.25, -0.2) is 0 Å². The second kappa shape index (κ2) is 8.68. The van der Waals surface area contributed by atoms with Crippen LogP contribution in [0.4, 0.5) is 0 Å². The number of pyridine rings is 1. The lowest BCUT2D eigenvalue weighted by atomic mass is 9.97. The van der Waals surface area contributed by atoms with E-state index in [-0.39, 0.29) is 6.42 Å². The van der Waals surface area contributed by atoms with Crippen molar-refractivity contribution < 1.29 is 19.1 Å². The molecule has 1 aromatic heterocycles. The number of methoxy groups -OCH3 is 1. The van der Waals surface area contributed by atoms with E-state index in [1.54, 1.807) is 18.5 Å². The highest BCUT2D eigenvalue weighted by atomic mass is 79.9. The largest absolute Gasteiger partial charge is 0.469 e. The number of halogens is 1. The minimum absolute atomic E-state index is 0.0471. The van der Waals surface area contributed by atoms with Crippen LogP contribution in [0.25, 0.3) is 0 Å². The topological polar surface area (TPSA) is 65.5 Å². The molecule has 0 aliphatic rings. The molecule has 110 valence electrons. The van der Waals surface area contributed by atoms with Gasteiger partial charge in [-0.05, 0) is 34.0 Å². The molecule has 0 aromatic carbocycles. The molecule has 20 heavy (non-hydrogen) atoms. The molecule has 0 saturated heterocycles. The first-order valence-corrected chi connectivity index (χ1v) is 7.21. The molecule has 0 bridgehead atoms. The number of rotatable bonds is 7. The highest BCUT2D eigenvalue weighted by molar-refractivity contribution is 9.10. The molecule has 1 aromatic rings. The van der Waals surface area contributed by atoms with E-state index < -0.39 is 17.9 Å². The van der Waals surface area contributed by atoms with Gasteiger partial charge in [0.25, 0.3) is 0 Å². The first-order chi connectivity index (χ1) is 9.58. The predicted octanol–water partition coefficient (Wildman–Crippen LogP) is 2.83. The molecule has 5 nitrogen and oxygen atoms in total. The van der Waals surface area contributed by atoms with Crippen LogP contribution in [0, 0.1) is 0 Å². The first-order valence-electron chi connectivity index (χ1n) is 6.42. The van der Waals surface area contributed by atoms with Gasteiger partial charge in [0.2, 0.25) is 0 Å². The Kier molecular flexibility index (Phi) is 7.22. The minimum Gasteiger partial charge on any atom is -0.469 e. The Balaban J connectivity index is 2.75. The fourth-order valence-electron chi connectivity index (χ4n) is 1.65. The van der Waals surface area contributed by atoms with Gasteiger partial charge in [0.15, 0.2) is 0 Å². The number of ether oxygens (including phenoxy) is 2. The smallest absolute Gasteiger partial charge is 0.313 e. The Morgan fingerprint density at radius 1 is 1.40 bits per heavy atom. The van der Waals surface area contributed by atoms with Crippen molar-refractivity contribution >= 4 is 27.9 Å². The summed E-state index contributed by atoms with van der Waals surface area (Å²) in [4.78, 5) is 27.6. The van der Waals surface area contributed by atoms with Gasteiger partial charge in [-0.15, -0.1) is 0 Å². The summed E-state index contributed by atoms with van der Waals surface area (Å²) >= 11 is 3.29. The number of hydrogen-bond donors (Lipinski definition) is 0. The van der Waals surface area contributed by atoms with Crippen molar-refractivity contribution in [3.8, 4) is 0 Å². The predicted molar refractivity (Wildman–Crippen MR) is 77.2 cm³/mol. The summed E-state index contributed by atoms with van der Waals surface area (Å²) in [7, 11) is 1.29. The lowest BCUT2D eigenvalue weighted by Crippen LogP contribution is -2.20. The zero-order valence-corrected chi connectivity index (χ0v) is 13.2. The van der Waals surface area contributed by atoms with E-state index in [4.69, 9.17) is 9.47 Å². The molecular formula is C14H18BrNO4. The highest BCUT2D eigenvalue weighted by Crippen LogP contribution is 2.23. The number of carbonyl (C=O) groups excluding carboxylic acids is 2. The molecule has 1 unspecified atom stereocenters. The van der Waals surface area contributed by atoms with Gasteiger partial charge in [-0.1, -0.05) is 13.3 Å². The lowest BCUT2D eigenvalue weighted by Gasteiger charge is -2.14. The molecule has 0 fully saturated rings. The van der Waals surface area contributed by atoms with Crippen molar-refractivity contribution in [3.63, 3.8) is 0 Å². The molecule has 0 N–H and O–H groups in total. The zero-order chi connectivity index (χ0) is 15.0. The monoisotopic (exact) mass is 343 g/mol. The van der Waals surface area contributed by atoms with Gasteiger partial charge in [0.1, 0.15) is 0 Å². The molecule has 0 saturated carbocycles. The Hall–Kier alpha value is -1.43. The Bertz CT molecular complexity index is 464. The van der Waals surface area contributed by atoms with Gasteiger partial charge in [0, 0.05) is 16.9 Å². The quantitative estimate of drug-likeness (QED) is 0.562. The van der Waals surface area contributed by atoms with Crippen LogP contribution in [0.2, 0.25) is 0 Å². The van der Waals surface area contributed by atoms with Crippen LogP contribution in [-0.2, 0) is 19.1 Å². The third kappa shape index (κ3) is 5.28. The molecule has 0 aliphatic carbocycles. The van der Waals surface area contributed by atoms with Crippen molar-refractivity contribution in [2.75, 3.05) is 13.7 Å². The fraction of sp³-hybridized carbons (Fsp3) is 0.500. The van der Waals surface area contributed by atoms with Crippen LogP contribution >= 0.6 is 15.9 Å². The molecular weight excluding hydrogens is 326 g/mol. The number of esters is 2. The zero-order valence-electron chi connectivity index (χ0n) is 11.6. The summed E-state index contributed by atoms with van der Waals surface area (Å²) in [6.07, 6.45) is 4.87. The maximum atomic E-state index is 11.8. The third-order valence-electron chi connectivity index (χ3n) is 2.75. The number of hydrogen-bond acceptors (Lipinski definition) is 5. The standard InChI is InChI=1S/C14H18BrNO4/c1-3-4-5-20-13(17)7-12(14(18)19-2)10-6-11(15)9-16-8-10/h6,8-9,12H,3-5,7H2,1-2H3. The summed E-state index contributed by atoms with van der Waals surface area (Å²) in [6, 6.07) is 1.74. The van der Waals surface area contributed by atoms with E-state index in [1.165, 1.54) is 7.11 Å². The Morgan fingerprint density at radius 2 is 2.15 bits per heavy atom. The molecule has 1 heterocycles. The third-order valence-corrected chi connectivity index (χ3v) is 3.18. The second-order valence-electron chi connectivity index (χ2n) is 4.29. The normalized spacial score (nSPS) is 11.8. The highest BCUT2D eigenvalue weighted by Gasteiger charge is 2.26. The van der Waals surface area contributed by atoms with Crippen molar-refractivity contribution in [2.45, 2.75) is 32.1 Å². The molecule has 0 amide bonds. The van der Waals surface area contributed by atoms with Crippen LogP contribution in [-0.4, -0.2) is 30.6 Å². The number of carbonyl (C=O) groups is 2. The van der Waals surface area contributed by atoms with Gasteiger partial charge >= 0.3 is 11.9 Å². The maximum Gasteiger partial charge on any atom is 0.313 e. The van der Waals surface area contributed by atoms with E-state index in [1.807, 2.05) is 6.92 Å². The van der Waals surface area contributed by atoms with Crippen molar-refractivity contribution in [3.05, 3.63) is 28.5 Å². The van der Waals surface area contributed by atoms with Gasteiger partial charge in [-0.2, -0.15) is 0 Å². The Morgan fingerprint density at radius 3 is 2.75 bits per heavy atom. The number of unbranched alkanes of at least 4 members (excludes halogenated alkanes) is 1. The average molecular weight is 344 g/mol. The second-order valence-corrected chi connectivity index (χ2v) is 5.21. The van der Waals surface area contributed by atoms with Crippen LogP contribution in [0.5, 0.6) is 0 Å². The van der Waals surface area contributed by atoms with Gasteiger partial charge in [-0.3, -0.25) is 14.6 Å². The lowest BCUT2D eigenvalue weighted by molar-refractivity contribution is -0.150. The summed E-state index contributed by atoms with van der Waals surface area (Å²) in [5.41, 5.74) is 0.624. The summed E-state index contributed by atoms with van der Waals surface area (Å²) in [5.74, 6) is -1.58. The van der Waals surface area contributed by atoms with Crippen LogP contribution in [0.1, 0.15) is 37.7 Å². The Labute approximate surface area is 126 Å². The minimum atomic E-state index is -0.695. The van der Waals surface area contributed by atoms with Crippen molar-refractivity contribution in [1.82, 2.24) is 4.98 Å². The van der Waals surface area contributed by atoms with Crippen molar-refractivity contribution in [1.29, 1.82) is 0 Å². The first kappa shape index (κ1) is 16.6. The van der Waals surface area contributed by atoms with E-state index in [2.05, 4.69) is 20.9 Å². The van der Waals surface area contributed by atoms with E-state index in [0.717, 1.165) is 17.3 Å². The molecule has 0 radical (unpaired) electrons. The average Bonchev–Trinajstić information content (AvgIpc) is 2.44. The van der Waals surface area contributed by atoms with Gasteiger partial charge in [0.05, 0.1) is 26.1 Å². The van der Waals surface area contributed by atoms with Crippen LogP contribution in [0.15, 0.2) is 22.9 Å². The summed E-state index contributed by atoms with van der Waals surface area (Å²) in [5, 5.41) is 0. The van der Waals surface area contributed by atoms with Crippen LogP contribution in [0.3, 0.4) is 0 Å². The molecule has 0 aliphatic heterocycles. The number of aromatic nitrogens is 1. The van der Waals surface area contributed by atoms with Crippen LogP contribution < -0.4 is 0 Å². The SMILES string of the molecule is CCCCOC(=O)CC(C(=O)OC)c1cncc(Br)c1. The molecule has 6 heteroatoms. The van der Waals surface area contributed by atoms with E-state index in [0.29, 0.717) is 12.2 Å². The van der Waals surface area contributed by atoms with E-state index in [9.17, 15) is 9.59 Å². The van der Waals surface area contributed by atoms with Gasteiger partial charge < -0.3 is 9.47 Å².